The van der Waals surface area contributed by atoms with Gasteiger partial charge in [0.25, 0.3) is 11.8 Å². The molecule has 7 heteroatoms. The third-order valence-electron chi connectivity index (χ3n) is 5.94. The Kier molecular flexibility index (Phi) is 6.04. The van der Waals surface area contributed by atoms with Gasteiger partial charge in [0.1, 0.15) is 17.3 Å². The average Bonchev–Trinajstić information content (AvgIpc) is 3.05. The molecule has 0 unspecified atom stereocenters. The molecule has 0 aliphatic carbocycles. The van der Waals surface area contributed by atoms with Gasteiger partial charge < -0.3 is 14.5 Å². The molecule has 0 spiro atoms. The molecule has 1 saturated heterocycles. The van der Waals surface area contributed by atoms with Crippen LogP contribution in [-0.4, -0.2) is 66.3 Å². The molecule has 1 fully saturated rings. The van der Waals surface area contributed by atoms with Crippen LogP contribution in [-0.2, 0) is 16.1 Å². The quantitative estimate of drug-likeness (QED) is 0.669. The maximum absolute atomic E-state index is 14.2. The van der Waals surface area contributed by atoms with Crippen LogP contribution in [0.1, 0.15) is 18.1 Å². The summed E-state index contributed by atoms with van der Waals surface area (Å²) in [6, 6.07) is 13.3. The van der Waals surface area contributed by atoms with E-state index in [1.165, 1.54) is 6.07 Å². The number of hydrogen-bond donors (Lipinski definition) is 0. The van der Waals surface area contributed by atoms with Gasteiger partial charge in [-0.1, -0.05) is 37.3 Å². The minimum atomic E-state index is -0.431. The van der Waals surface area contributed by atoms with Crippen molar-refractivity contribution in [3.05, 3.63) is 71.2 Å². The molecule has 2 aromatic rings. The van der Waals surface area contributed by atoms with Crippen molar-refractivity contribution in [3.63, 3.8) is 0 Å². The Balaban J connectivity index is 1.71. The van der Waals surface area contributed by atoms with E-state index in [9.17, 15) is 14.0 Å². The highest BCUT2D eigenvalue weighted by Gasteiger charge is 2.42. The van der Waals surface area contributed by atoms with Gasteiger partial charge in [0.05, 0.1) is 19.2 Å². The van der Waals surface area contributed by atoms with E-state index in [1.54, 1.807) is 49.6 Å². The Labute approximate surface area is 181 Å². The molecule has 0 N–H and O–H groups in total. The van der Waals surface area contributed by atoms with Gasteiger partial charge in [-0.25, -0.2) is 4.39 Å². The van der Waals surface area contributed by atoms with E-state index in [0.717, 1.165) is 24.5 Å². The maximum atomic E-state index is 14.2. The number of benzene rings is 2. The highest BCUT2D eigenvalue weighted by molar-refractivity contribution is 6.35. The van der Waals surface area contributed by atoms with Crippen LogP contribution in [0.4, 0.5) is 4.39 Å². The molecule has 0 bridgehead atoms. The number of amides is 2. The number of likely N-dealkylation sites (N-methyl/N-ethyl adjacent to an activating group) is 1. The van der Waals surface area contributed by atoms with Crippen molar-refractivity contribution in [3.8, 4) is 5.75 Å². The number of rotatable bonds is 6. The van der Waals surface area contributed by atoms with Gasteiger partial charge in [-0.15, -0.1) is 0 Å². The largest absolute Gasteiger partial charge is 0.497 e. The predicted molar refractivity (Wildman–Crippen MR) is 116 cm³/mol. The van der Waals surface area contributed by atoms with Gasteiger partial charge in [0.15, 0.2) is 0 Å². The summed E-state index contributed by atoms with van der Waals surface area (Å²) in [4.78, 5) is 32.3. The molecule has 0 saturated carbocycles. The second-order valence-electron chi connectivity index (χ2n) is 7.66. The molecule has 31 heavy (non-hydrogen) atoms. The molecular weight excluding hydrogens is 397 g/mol. The summed E-state index contributed by atoms with van der Waals surface area (Å²) in [5.74, 6) is -0.531. The Morgan fingerprint density at radius 1 is 0.935 bits per heavy atom. The van der Waals surface area contributed by atoms with Crippen molar-refractivity contribution in [2.75, 3.05) is 39.8 Å². The number of halogens is 1. The lowest BCUT2D eigenvalue weighted by Gasteiger charge is -2.36. The molecule has 2 aliphatic heterocycles. The second-order valence-corrected chi connectivity index (χ2v) is 7.66. The van der Waals surface area contributed by atoms with Crippen molar-refractivity contribution in [1.29, 1.82) is 0 Å². The number of nitrogens with zero attached hydrogens (tertiary/aromatic N) is 3. The molecule has 0 atom stereocenters. The normalized spacial score (nSPS) is 17.6. The van der Waals surface area contributed by atoms with Crippen molar-refractivity contribution < 1.29 is 18.7 Å². The molecule has 2 aliphatic rings. The zero-order chi connectivity index (χ0) is 22.0. The monoisotopic (exact) mass is 423 g/mol. The topological polar surface area (TPSA) is 53.1 Å². The highest BCUT2D eigenvalue weighted by atomic mass is 19.1. The highest BCUT2D eigenvalue weighted by Crippen LogP contribution is 2.34. The van der Waals surface area contributed by atoms with Crippen molar-refractivity contribution in [2.45, 2.75) is 13.5 Å². The first-order valence-corrected chi connectivity index (χ1v) is 10.5. The van der Waals surface area contributed by atoms with Crippen LogP contribution in [0.2, 0.25) is 0 Å². The standard InChI is InChI=1S/C24H26FN3O3/c1-3-26-12-14-27(15-13-26)22-21(17-8-10-19(31-2)11-9-17)23(29)28(24(22)30)16-18-6-4-5-7-20(18)25/h4-11H,3,12-16H2,1-2H3. The maximum Gasteiger partial charge on any atom is 0.278 e. The van der Waals surface area contributed by atoms with Crippen molar-refractivity contribution in [2.24, 2.45) is 0 Å². The fourth-order valence-corrected chi connectivity index (χ4v) is 4.10. The number of hydrogen-bond acceptors (Lipinski definition) is 5. The van der Waals surface area contributed by atoms with Crippen LogP contribution in [0.15, 0.2) is 54.2 Å². The number of piperazine rings is 1. The molecular formula is C24H26FN3O3. The number of imide groups is 1. The third kappa shape index (κ3) is 4.05. The van der Waals surface area contributed by atoms with Gasteiger partial charge in [-0.05, 0) is 30.3 Å². The van der Waals surface area contributed by atoms with Crippen LogP contribution in [0.5, 0.6) is 5.75 Å². The lowest BCUT2D eigenvalue weighted by atomic mass is 10.0. The van der Waals surface area contributed by atoms with E-state index in [4.69, 9.17) is 4.74 Å². The Bertz CT molecular complexity index is 1010. The Morgan fingerprint density at radius 2 is 1.61 bits per heavy atom. The minimum Gasteiger partial charge on any atom is -0.497 e. The number of carbonyl (C=O) groups is 2. The first-order chi connectivity index (χ1) is 15.0. The molecule has 0 radical (unpaired) electrons. The zero-order valence-electron chi connectivity index (χ0n) is 17.8. The molecule has 2 amide bonds. The first kappa shape index (κ1) is 21.1. The number of ether oxygens (including phenoxy) is 1. The summed E-state index contributed by atoms with van der Waals surface area (Å²) in [7, 11) is 1.58. The van der Waals surface area contributed by atoms with Crippen LogP contribution >= 0.6 is 0 Å². The van der Waals surface area contributed by atoms with E-state index in [1.807, 2.05) is 4.90 Å². The molecule has 2 aromatic carbocycles. The fourth-order valence-electron chi connectivity index (χ4n) is 4.10. The Morgan fingerprint density at radius 3 is 2.23 bits per heavy atom. The summed E-state index contributed by atoms with van der Waals surface area (Å²) in [6.07, 6.45) is 0. The minimum absolute atomic E-state index is 0.0948. The predicted octanol–water partition coefficient (Wildman–Crippen LogP) is 2.75. The van der Waals surface area contributed by atoms with Gasteiger partial charge in [-0.2, -0.15) is 0 Å². The van der Waals surface area contributed by atoms with E-state index in [-0.39, 0.29) is 12.5 Å². The van der Waals surface area contributed by atoms with Crippen LogP contribution in [0, 0.1) is 5.82 Å². The molecule has 162 valence electrons. The summed E-state index contributed by atoms with van der Waals surface area (Å²) >= 11 is 0. The van der Waals surface area contributed by atoms with E-state index in [2.05, 4.69) is 11.8 Å². The second kappa shape index (κ2) is 8.89. The fraction of sp³-hybridized carbons (Fsp3) is 0.333. The zero-order valence-corrected chi connectivity index (χ0v) is 17.8. The van der Waals surface area contributed by atoms with Gasteiger partial charge in [0.2, 0.25) is 0 Å². The lowest BCUT2D eigenvalue weighted by Crippen LogP contribution is -2.47. The van der Waals surface area contributed by atoms with Crippen LogP contribution in [0.25, 0.3) is 5.57 Å². The SMILES string of the molecule is CCN1CCN(C2=C(c3ccc(OC)cc3)C(=O)N(Cc3ccccc3F)C2=O)CC1. The average molecular weight is 423 g/mol. The van der Waals surface area contributed by atoms with E-state index in [0.29, 0.717) is 41.2 Å². The molecule has 4 rings (SSSR count). The van der Waals surface area contributed by atoms with E-state index < -0.39 is 11.7 Å². The summed E-state index contributed by atoms with van der Waals surface area (Å²) in [6.45, 7) is 5.94. The van der Waals surface area contributed by atoms with Crippen molar-refractivity contribution in [1.82, 2.24) is 14.7 Å². The molecule has 2 heterocycles. The van der Waals surface area contributed by atoms with Gasteiger partial charge in [-0.3, -0.25) is 14.5 Å². The van der Waals surface area contributed by atoms with Crippen LogP contribution < -0.4 is 4.74 Å². The third-order valence-corrected chi connectivity index (χ3v) is 5.94. The Hall–Kier alpha value is -3.19. The van der Waals surface area contributed by atoms with Gasteiger partial charge in [0, 0.05) is 31.7 Å². The lowest BCUT2D eigenvalue weighted by molar-refractivity contribution is -0.138. The molecule has 0 aromatic heterocycles. The smallest absolute Gasteiger partial charge is 0.278 e. The van der Waals surface area contributed by atoms with E-state index >= 15 is 0 Å². The number of carbonyl (C=O) groups excluding carboxylic acids is 2. The van der Waals surface area contributed by atoms with Gasteiger partial charge >= 0.3 is 0 Å². The van der Waals surface area contributed by atoms with Crippen LogP contribution in [0.3, 0.4) is 0 Å². The summed E-state index contributed by atoms with van der Waals surface area (Å²) < 4.78 is 19.5. The summed E-state index contributed by atoms with van der Waals surface area (Å²) in [5, 5.41) is 0. The summed E-state index contributed by atoms with van der Waals surface area (Å²) in [5.41, 5.74) is 1.75. The molecule has 6 nitrogen and oxygen atoms in total. The number of methoxy groups -OCH3 is 1. The van der Waals surface area contributed by atoms with Crippen molar-refractivity contribution >= 4 is 17.4 Å². The first-order valence-electron chi connectivity index (χ1n) is 10.5.